The molecule has 0 bridgehead atoms. The SMILES string of the molecule is COc1ccc(C(=C(c2ccccc2)c2ccc(C(=O)c3cccs3)cc2)c2ccc(OC)cc2)cc1. The molecule has 1 heterocycles. The van der Waals surface area contributed by atoms with Gasteiger partial charge in [0.25, 0.3) is 0 Å². The highest BCUT2D eigenvalue weighted by atomic mass is 32.1. The number of carbonyl (C=O) groups excluding carboxylic acids is 1. The van der Waals surface area contributed by atoms with Crippen molar-refractivity contribution in [1.82, 2.24) is 0 Å². The third-order valence-electron chi connectivity index (χ3n) is 6.25. The van der Waals surface area contributed by atoms with Crippen LogP contribution in [0.5, 0.6) is 11.5 Å². The van der Waals surface area contributed by atoms with Crippen LogP contribution < -0.4 is 9.47 Å². The number of hydrogen-bond donors (Lipinski definition) is 0. The molecule has 37 heavy (non-hydrogen) atoms. The maximum Gasteiger partial charge on any atom is 0.202 e. The molecule has 5 rings (SSSR count). The van der Waals surface area contributed by atoms with Gasteiger partial charge >= 0.3 is 0 Å². The summed E-state index contributed by atoms with van der Waals surface area (Å²) in [6, 6.07) is 38.2. The maximum absolute atomic E-state index is 12.9. The average molecular weight is 503 g/mol. The van der Waals surface area contributed by atoms with E-state index >= 15 is 0 Å². The fourth-order valence-corrected chi connectivity index (χ4v) is 5.05. The lowest BCUT2D eigenvalue weighted by Crippen LogP contribution is -2.01. The molecule has 0 spiro atoms. The Morgan fingerprint density at radius 1 is 0.514 bits per heavy atom. The number of rotatable bonds is 8. The van der Waals surface area contributed by atoms with Crippen LogP contribution in [0, 0.1) is 0 Å². The maximum atomic E-state index is 12.9. The van der Waals surface area contributed by atoms with Gasteiger partial charge in [-0.05, 0) is 69.1 Å². The number of methoxy groups -OCH3 is 2. The van der Waals surface area contributed by atoms with Crippen molar-refractivity contribution in [1.29, 1.82) is 0 Å². The molecule has 0 N–H and O–H groups in total. The second-order valence-electron chi connectivity index (χ2n) is 8.46. The van der Waals surface area contributed by atoms with Crippen molar-refractivity contribution in [2.75, 3.05) is 14.2 Å². The summed E-state index contributed by atoms with van der Waals surface area (Å²) >= 11 is 1.46. The van der Waals surface area contributed by atoms with Gasteiger partial charge in [-0.15, -0.1) is 11.3 Å². The van der Waals surface area contributed by atoms with Gasteiger partial charge in [0.2, 0.25) is 5.78 Å². The highest BCUT2D eigenvalue weighted by Gasteiger charge is 2.18. The lowest BCUT2D eigenvalue weighted by atomic mass is 9.85. The fraction of sp³-hybridized carbons (Fsp3) is 0.0606. The van der Waals surface area contributed by atoms with E-state index in [1.807, 2.05) is 84.2 Å². The van der Waals surface area contributed by atoms with E-state index < -0.39 is 0 Å². The monoisotopic (exact) mass is 502 g/mol. The normalized spacial score (nSPS) is 10.5. The Kier molecular flexibility index (Phi) is 7.29. The Balaban J connectivity index is 1.72. The van der Waals surface area contributed by atoms with Crippen molar-refractivity contribution in [2.24, 2.45) is 0 Å². The topological polar surface area (TPSA) is 35.5 Å². The first-order valence-electron chi connectivity index (χ1n) is 11.9. The number of carbonyl (C=O) groups is 1. The average Bonchev–Trinajstić information content (AvgIpc) is 3.52. The smallest absolute Gasteiger partial charge is 0.202 e. The van der Waals surface area contributed by atoms with Crippen LogP contribution in [0.3, 0.4) is 0 Å². The van der Waals surface area contributed by atoms with Crippen molar-refractivity contribution in [3.63, 3.8) is 0 Å². The minimum Gasteiger partial charge on any atom is -0.497 e. The Morgan fingerprint density at radius 3 is 1.38 bits per heavy atom. The van der Waals surface area contributed by atoms with Crippen LogP contribution in [-0.2, 0) is 0 Å². The van der Waals surface area contributed by atoms with Crippen LogP contribution in [0.4, 0.5) is 0 Å². The van der Waals surface area contributed by atoms with E-state index in [0.717, 1.165) is 49.8 Å². The molecule has 0 unspecified atom stereocenters. The Labute approximate surface area is 221 Å². The van der Waals surface area contributed by atoms with E-state index in [2.05, 4.69) is 36.4 Å². The zero-order valence-electron chi connectivity index (χ0n) is 20.7. The van der Waals surface area contributed by atoms with Crippen molar-refractivity contribution >= 4 is 28.3 Å². The Morgan fingerprint density at radius 2 is 0.946 bits per heavy atom. The van der Waals surface area contributed by atoms with Gasteiger partial charge in [-0.1, -0.05) is 84.9 Å². The van der Waals surface area contributed by atoms with Crippen molar-refractivity contribution in [2.45, 2.75) is 0 Å². The molecule has 3 nitrogen and oxygen atoms in total. The first kappa shape index (κ1) is 24.3. The zero-order chi connectivity index (χ0) is 25.6. The summed E-state index contributed by atoms with van der Waals surface area (Å²) in [5.41, 5.74) is 7.05. The Bertz CT molecular complexity index is 1450. The molecule has 0 saturated heterocycles. The summed E-state index contributed by atoms with van der Waals surface area (Å²) < 4.78 is 10.8. The van der Waals surface area contributed by atoms with E-state index in [4.69, 9.17) is 9.47 Å². The van der Waals surface area contributed by atoms with Gasteiger partial charge in [0.05, 0.1) is 19.1 Å². The molecule has 4 heteroatoms. The van der Waals surface area contributed by atoms with Gasteiger partial charge in [0.1, 0.15) is 11.5 Å². The minimum atomic E-state index is 0.0392. The lowest BCUT2D eigenvalue weighted by Gasteiger charge is -2.19. The van der Waals surface area contributed by atoms with Crippen LogP contribution in [0.25, 0.3) is 11.1 Å². The summed E-state index contributed by atoms with van der Waals surface area (Å²) in [6.07, 6.45) is 0. The molecule has 0 fully saturated rings. The number of hydrogen-bond acceptors (Lipinski definition) is 4. The first-order valence-corrected chi connectivity index (χ1v) is 12.8. The molecule has 1 aromatic heterocycles. The predicted molar refractivity (Wildman–Crippen MR) is 152 cm³/mol. The Hall–Kier alpha value is -4.41. The van der Waals surface area contributed by atoms with Crippen LogP contribution in [0.15, 0.2) is 121 Å². The van der Waals surface area contributed by atoms with Crippen molar-refractivity contribution in [3.8, 4) is 11.5 Å². The predicted octanol–water partition coefficient (Wildman–Crippen LogP) is 8.00. The van der Waals surface area contributed by atoms with Crippen LogP contribution in [0.1, 0.15) is 37.5 Å². The van der Waals surface area contributed by atoms with Gasteiger partial charge in [-0.25, -0.2) is 0 Å². The van der Waals surface area contributed by atoms with Crippen LogP contribution >= 0.6 is 11.3 Å². The molecule has 4 aromatic carbocycles. The van der Waals surface area contributed by atoms with Gasteiger partial charge in [0.15, 0.2) is 0 Å². The van der Waals surface area contributed by atoms with E-state index in [1.54, 1.807) is 14.2 Å². The summed E-state index contributed by atoms with van der Waals surface area (Å²) in [5, 5.41) is 1.92. The molecule has 0 amide bonds. The van der Waals surface area contributed by atoms with Gasteiger partial charge < -0.3 is 9.47 Å². The van der Waals surface area contributed by atoms with Crippen molar-refractivity contribution in [3.05, 3.63) is 153 Å². The molecule has 182 valence electrons. The van der Waals surface area contributed by atoms with E-state index in [-0.39, 0.29) is 5.78 Å². The number of ketones is 1. The molecule has 5 aromatic rings. The van der Waals surface area contributed by atoms with E-state index in [0.29, 0.717) is 5.56 Å². The highest BCUT2D eigenvalue weighted by molar-refractivity contribution is 7.12. The molecule has 0 atom stereocenters. The second kappa shape index (κ2) is 11.1. The largest absolute Gasteiger partial charge is 0.497 e. The summed E-state index contributed by atoms with van der Waals surface area (Å²) in [5.74, 6) is 1.64. The van der Waals surface area contributed by atoms with Crippen LogP contribution in [-0.4, -0.2) is 20.0 Å². The van der Waals surface area contributed by atoms with E-state index in [9.17, 15) is 4.79 Å². The molecular formula is C33H26O3S. The third-order valence-corrected chi connectivity index (χ3v) is 7.12. The molecule has 0 aliphatic carbocycles. The van der Waals surface area contributed by atoms with Gasteiger partial charge in [0, 0.05) is 5.56 Å². The quantitative estimate of drug-likeness (QED) is 0.159. The van der Waals surface area contributed by atoms with Crippen LogP contribution in [0.2, 0.25) is 0 Å². The second-order valence-corrected chi connectivity index (χ2v) is 9.40. The number of ether oxygens (including phenoxy) is 2. The molecule has 0 aliphatic rings. The third kappa shape index (κ3) is 5.25. The molecule has 0 aliphatic heterocycles. The number of thiophene rings is 1. The first-order chi connectivity index (χ1) is 18.2. The lowest BCUT2D eigenvalue weighted by molar-refractivity contribution is 0.104. The summed E-state index contributed by atoms with van der Waals surface area (Å²) in [4.78, 5) is 13.7. The molecular weight excluding hydrogens is 476 g/mol. The van der Waals surface area contributed by atoms with Gasteiger partial charge in [-0.3, -0.25) is 4.79 Å². The minimum absolute atomic E-state index is 0.0392. The number of benzene rings is 4. The summed E-state index contributed by atoms with van der Waals surface area (Å²) in [6.45, 7) is 0. The van der Waals surface area contributed by atoms with E-state index in [1.165, 1.54) is 11.3 Å². The highest BCUT2D eigenvalue weighted by Crippen LogP contribution is 2.38. The summed E-state index contributed by atoms with van der Waals surface area (Å²) in [7, 11) is 3.34. The fourth-order valence-electron chi connectivity index (χ4n) is 4.37. The van der Waals surface area contributed by atoms with Gasteiger partial charge in [-0.2, -0.15) is 0 Å². The van der Waals surface area contributed by atoms with Crippen molar-refractivity contribution < 1.29 is 14.3 Å². The molecule has 0 radical (unpaired) electrons. The molecule has 0 saturated carbocycles. The standard InChI is InChI=1S/C33H26O3S/c1-35-28-18-14-25(15-19-28)32(26-16-20-29(36-2)21-17-26)31(23-7-4-3-5-8-23)24-10-12-27(13-11-24)33(34)30-9-6-22-37-30/h3-22H,1-2H3. The zero-order valence-corrected chi connectivity index (χ0v) is 21.5.